The molecule has 1 aliphatic rings. The van der Waals surface area contributed by atoms with Crippen LogP contribution in [-0.4, -0.2) is 57.6 Å². The van der Waals surface area contributed by atoms with Crippen molar-refractivity contribution in [3.8, 4) is 23.1 Å². The van der Waals surface area contributed by atoms with Gasteiger partial charge in [0, 0.05) is 54.3 Å². The summed E-state index contributed by atoms with van der Waals surface area (Å²) >= 11 is 6.02. The molecular weight excluding hydrogens is 440 g/mol. The van der Waals surface area contributed by atoms with Crippen LogP contribution < -0.4 is 9.64 Å². The molecular formula is C24H23ClN6O2. The fourth-order valence-electron chi connectivity index (χ4n) is 3.56. The first-order valence-corrected chi connectivity index (χ1v) is 11.2. The lowest BCUT2D eigenvalue weighted by Gasteiger charge is -2.28. The van der Waals surface area contributed by atoms with Gasteiger partial charge < -0.3 is 14.4 Å². The zero-order valence-corrected chi connectivity index (χ0v) is 18.7. The number of benzene rings is 1. The Hall–Kier alpha value is -3.49. The van der Waals surface area contributed by atoms with E-state index in [0.29, 0.717) is 43.1 Å². The normalized spacial score (nSPS) is 13.8. The number of hydrogen-bond donors (Lipinski definition) is 0. The Balaban J connectivity index is 1.40. The molecule has 0 bridgehead atoms. The van der Waals surface area contributed by atoms with Crippen LogP contribution >= 0.6 is 11.6 Å². The molecule has 0 unspecified atom stereocenters. The Morgan fingerprint density at radius 2 is 1.79 bits per heavy atom. The van der Waals surface area contributed by atoms with Crippen molar-refractivity contribution in [2.45, 2.75) is 6.42 Å². The third kappa shape index (κ3) is 5.30. The van der Waals surface area contributed by atoms with Gasteiger partial charge in [-0.15, -0.1) is 0 Å². The van der Waals surface area contributed by atoms with Crippen LogP contribution in [0.3, 0.4) is 0 Å². The predicted molar refractivity (Wildman–Crippen MR) is 126 cm³/mol. The molecule has 0 saturated carbocycles. The van der Waals surface area contributed by atoms with Gasteiger partial charge in [-0.05, 0) is 30.3 Å². The summed E-state index contributed by atoms with van der Waals surface area (Å²) in [4.78, 5) is 15.8. The summed E-state index contributed by atoms with van der Waals surface area (Å²) in [6.45, 7) is 3.28. The van der Waals surface area contributed by atoms with Crippen LogP contribution in [0.15, 0.2) is 67.0 Å². The van der Waals surface area contributed by atoms with Gasteiger partial charge in [0.15, 0.2) is 5.82 Å². The van der Waals surface area contributed by atoms with Gasteiger partial charge in [-0.3, -0.25) is 4.98 Å². The number of aromatic nitrogens is 5. The number of hydrogen-bond acceptors (Lipinski definition) is 7. The Labute approximate surface area is 196 Å². The first kappa shape index (κ1) is 21.4. The van der Waals surface area contributed by atoms with Crippen LogP contribution in [0.4, 0.5) is 5.82 Å². The number of morpholine rings is 1. The summed E-state index contributed by atoms with van der Waals surface area (Å²) in [5.41, 5.74) is 2.77. The molecule has 0 aliphatic carbocycles. The quantitative estimate of drug-likeness (QED) is 0.413. The van der Waals surface area contributed by atoms with Crippen LogP contribution in [-0.2, 0) is 11.2 Å². The smallest absolute Gasteiger partial charge is 0.320 e. The summed E-state index contributed by atoms with van der Waals surface area (Å²) < 4.78 is 13.2. The molecule has 1 aromatic carbocycles. The van der Waals surface area contributed by atoms with Gasteiger partial charge >= 0.3 is 6.01 Å². The van der Waals surface area contributed by atoms with Crippen molar-refractivity contribution in [3.05, 3.63) is 77.7 Å². The lowest BCUT2D eigenvalue weighted by molar-refractivity contribution is 0.122. The van der Waals surface area contributed by atoms with E-state index in [1.165, 1.54) is 0 Å². The molecule has 4 aromatic rings. The topological polar surface area (TPSA) is 78.2 Å². The molecule has 4 heterocycles. The molecule has 33 heavy (non-hydrogen) atoms. The Bertz CT molecular complexity index is 1190. The van der Waals surface area contributed by atoms with Gasteiger partial charge in [-0.2, -0.15) is 15.1 Å². The maximum atomic E-state index is 6.02. The SMILES string of the molecule is Clc1ccc(-c2ccn(-c3cc(N4CCOCC4)nc(OCCc4ccccn4)n3)n2)cc1. The van der Waals surface area contributed by atoms with E-state index >= 15 is 0 Å². The van der Waals surface area contributed by atoms with Crippen molar-refractivity contribution in [3.63, 3.8) is 0 Å². The molecule has 0 N–H and O–H groups in total. The number of pyridine rings is 1. The zero-order valence-electron chi connectivity index (χ0n) is 18.0. The molecule has 1 aliphatic heterocycles. The van der Waals surface area contributed by atoms with Crippen molar-refractivity contribution >= 4 is 17.4 Å². The molecule has 8 nitrogen and oxygen atoms in total. The second-order valence-corrected chi connectivity index (χ2v) is 7.97. The van der Waals surface area contributed by atoms with Crippen LogP contribution in [0.5, 0.6) is 6.01 Å². The highest BCUT2D eigenvalue weighted by Gasteiger charge is 2.17. The van der Waals surface area contributed by atoms with E-state index in [1.54, 1.807) is 10.9 Å². The second kappa shape index (κ2) is 9.97. The molecule has 0 atom stereocenters. The fourth-order valence-corrected chi connectivity index (χ4v) is 3.68. The summed E-state index contributed by atoms with van der Waals surface area (Å²) in [5.74, 6) is 1.43. The standard InChI is InChI=1S/C24H23ClN6O2/c25-19-6-4-18(5-7-19)21-8-11-31(29-21)23-17-22(30-12-15-32-16-13-30)27-24(28-23)33-14-9-20-3-1-2-10-26-20/h1-8,10-11,17H,9,12-16H2. The molecule has 0 spiro atoms. The maximum absolute atomic E-state index is 6.02. The second-order valence-electron chi connectivity index (χ2n) is 7.54. The number of anilines is 1. The van der Waals surface area contributed by atoms with E-state index in [-0.39, 0.29) is 0 Å². The van der Waals surface area contributed by atoms with Crippen LogP contribution in [0.1, 0.15) is 5.69 Å². The number of halogens is 1. The zero-order chi connectivity index (χ0) is 22.5. The van der Waals surface area contributed by atoms with Crippen molar-refractivity contribution in [2.75, 3.05) is 37.8 Å². The van der Waals surface area contributed by atoms with Crippen molar-refractivity contribution < 1.29 is 9.47 Å². The van der Waals surface area contributed by atoms with Gasteiger partial charge in [-0.1, -0.05) is 29.8 Å². The molecule has 3 aromatic heterocycles. The Kier molecular flexibility index (Phi) is 6.46. The highest BCUT2D eigenvalue weighted by atomic mass is 35.5. The number of ether oxygens (including phenoxy) is 2. The average molecular weight is 463 g/mol. The van der Waals surface area contributed by atoms with E-state index < -0.39 is 0 Å². The number of nitrogens with zero attached hydrogens (tertiary/aromatic N) is 6. The largest absolute Gasteiger partial charge is 0.463 e. The van der Waals surface area contributed by atoms with E-state index in [2.05, 4.69) is 19.9 Å². The van der Waals surface area contributed by atoms with Gasteiger partial charge in [0.1, 0.15) is 5.82 Å². The van der Waals surface area contributed by atoms with Crippen LogP contribution in [0.2, 0.25) is 5.02 Å². The van der Waals surface area contributed by atoms with Crippen molar-refractivity contribution in [1.29, 1.82) is 0 Å². The summed E-state index contributed by atoms with van der Waals surface area (Å²) in [5, 5.41) is 5.40. The third-order valence-corrected chi connectivity index (χ3v) is 5.54. The predicted octanol–water partition coefficient (Wildman–Crippen LogP) is 3.84. The van der Waals surface area contributed by atoms with E-state index in [0.717, 1.165) is 35.9 Å². The Morgan fingerprint density at radius 1 is 0.970 bits per heavy atom. The van der Waals surface area contributed by atoms with Crippen molar-refractivity contribution in [2.24, 2.45) is 0 Å². The molecule has 9 heteroatoms. The summed E-state index contributed by atoms with van der Waals surface area (Å²) in [6.07, 6.45) is 4.33. The average Bonchev–Trinajstić information content (AvgIpc) is 3.36. The first-order chi connectivity index (χ1) is 16.2. The minimum absolute atomic E-state index is 0.313. The summed E-state index contributed by atoms with van der Waals surface area (Å²) in [7, 11) is 0. The third-order valence-electron chi connectivity index (χ3n) is 5.29. The highest BCUT2D eigenvalue weighted by molar-refractivity contribution is 6.30. The minimum Gasteiger partial charge on any atom is -0.463 e. The van der Waals surface area contributed by atoms with E-state index in [4.69, 9.17) is 26.2 Å². The minimum atomic E-state index is 0.313. The van der Waals surface area contributed by atoms with Gasteiger partial charge in [-0.25, -0.2) is 4.68 Å². The molecule has 1 saturated heterocycles. The van der Waals surface area contributed by atoms with E-state index in [1.807, 2.05) is 60.8 Å². The molecule has 0 amide bonds. The van der Waals surface area contributed by atoms with Gasteiger partial charge in [0.2, 0.25) is 0 Å². The van der Waals surface area contributed by atoms with Gasteiger partial charge in [0.25, 0.3) is 0 Å². The van der Waals surface area contributed by atoms with Crippen molar-refractivity contribution in [1.82, 2.24) is 24.7 Å². The first-order valence-electron chi connectivity index (χ1n) is 10.8. The van der Waals surface area contributed by atoms with Crippen LogP contribution in [0, 0.1) is 0 Å². The molecule has 5 rings (SSSR count). The maximum Gasteiger partial charge on any atom is 0.320 e. The van der Waals surface area contributed by atoms with Gasteiger partial charge in [0.05, 0.1) is 25.5 Å². The van der Waals surface area contributed by atoms with E-state index in [9.17, 15) is 0 Å². The monoisotopic (exact) mass is 462 g/mol. The molecule has 1 fully saturated rings. The lowest BCUT2D eigenvalue weighted by atomic mass is 10.2. The highest BCUT2D eigenvalue weighted by Crippen LogP contribution is 2.23. The van der Waals surface area contributed by atoms with Crippen LogP contribution in [0.25, 0.3) is 17.1 Å². The lowest BCUT2D eigenvalue weighted by Crippen LogP contribution is -2.37. The Morgan fingerprint density at radius 3 is 2.58 bits per heavy atom. The fraction of sp³-hybridized carbons (Fsp3) is 0.250. The molecule has 0 radical (unpaired) electrons. The summed E-state index contributed by atoms with van der Waals surface area (Å²) in [6, 6.07) is 17.6. The number of rotatable bonds is 7. The molecule has 168 valence electrons.